The molecule has 2 aliphatic carbocycles. The zero-order chi connectivity index (χ0) is 45.4. The fraction of sp³-hybridized carbons (Fsp3) is 0.367. The number of amides is 2. The van der Waals surface area contributed by atoms with Gasteiger partial charge in [-0.3, -0.25) is 28.8 Å². The summed E-state index contributed by atoms with van der Waals surface area (Å²) in [5.41, 5.74) is 10.8. The summed E-state index contributed by atoms with van der Waals surface area (Å²) in [6.45, 7) is 14.0. The molecule has 2 aliphatic rings. The van der Waals surface area contributed by atoms with Crippen molar-refractivity contribution in [3.63, 3.8) is 0 Å². The Morgan fingerprint density at radius 1 is 0.581 bits per heavy atom. The molecule has 0 heterocycles. The maximum absolute atomic E-state index is 14.6. The first-order valence-corrected chi connectivity index (χ1v) is 21.0. The Kier molecular flexibility index (Phi) is 12.6. The maximum Gasteiger partial charge on any atom is 0.509 e. The third kappa shape index (κ3) is 7.54. The van der Waals surface area contributed by atoms with E-state index in [9.17, 15) is 33.6 Å². The number of ether oxygens (including phenoxy) is 2. The van der Waals surface area contributed by atoms with Gasteiger partial charge in [0.15, 0.2) is 11.1 Å². The van der Waals surface area contributed by atoms with Gasteiger partial charge in [0.05, 0.1) is 11.1 Å². The first kappa shape index (κ1) is 44.9. The molecule has 6 N–H and O–H groups in total. The van der Waals surface area contributed by atoms with E-state index in [1.54, 1.807) is 48.5 Å². The summed E-state index contributed by atoms with van der Waals surface area (Å²) in [5, 5.41) is 5.36. The van der Waals surface area contributed by atoms with Crippen LogP contribution in [0.25, 0.3) is 0 Å². The van der Waals surface area contributed by atoms with Crippen LogP contribution in [0.5, 0.6) is 0 Å². The highest BCUT2D eigenvalue weighted by molar-refractivity contribution is 6.36. The predicted octanol–water partition coefficient (Wildman–Crippen LogP) is 8.45. The highest BCUT2D eigenvalue weighted by Crippen LogP contribution is 2.47. The van der Waals surface area contributed by atoms with E-state index >= 15 is 0 Å². The lowest BCUT2D eigenvalue weighted by Crippen LogP contribution is -2.54. The summed E-state index contributed by atoms with van der Waals surface area (Å²) in [6.07, 6.45) is -1.90. The molecule has 0 bridgehead atoms. The minimum Gasteiger partial charge on any atom is -0.426 e. The van der Waals surface area contributed by atoms with Crippen LogP contribution in [0.3, 0.4) is 0 Å². The average Bonchev–Trinajstić information content (AvgIpc) is 3.56. The average molecular weight is 843 g/mol. The van der Waals surface area contributed by atoms with Crippen LogP contribution in [-0.4, -0.2) is 41.1 Å². The Bertz CT molecular complexity index is 2360. The lowest BCUT2D eigenvalue weighted by atomic mass is 9.78. The quantitative estimate of drug-likeness (QED) is 0.0537. The fourth-order valence-electron chi connectivity index (χ4n) is 8.83. The summed E-state index contributed by atoms with van der Waals surface area (Å²) >= 11 is 0. The second kappa shape index (κ2) is 17.4. The second-order valence-corrected chi connectivity index (χ2v) is 16.8. The van der Waals surface area contributed by atoms with Crippen molar-refractivity contribution in [3.05, 3.63) is 128 Å². The third-order valence-corrected chi connectivity index (χ3v) is 11.8. The van der Waals surface area contributed by atoms with E-state index in [1.165, 1.54) is 38.1 Å². The number of nitrogen functional groups attached to an aromatic ring is 2. The topological polar surface area (TPSA) is 214 Å². The smallest absolute Gasteiger partial charge is 0.426 e. The number of hydrogen-bond donors (Lipinski definition) is 4. The van der Waals surface area contributed by atoms with Crippen molar-refractivity contribution in [3.8, 4) is 0 Å². The van der Waals surface area contributed by atoms with Crippen LogP contribution in [0.1, 0.15) is 180 Å². The first-order chi connectivity index (χ1) is 29.3. The number of rotatable bonds is 14. The van der Waals surface area contributed by atoms with Crippen LogP contribution < -0.4 is 22.1 Å². The van der Waals surface area contributed by atoms with Crippen LogP contribution in [0, 0.1) is 0 Å². The minimum atomic E-state index is -2.22. The molecule has 13 heteroatoms. The lowest BCUT2D eigenvalue weighted by Gasteiger charge is -2.33. The van der Waals surface area contributed by atoms with E-state index in [1.807, 2.05) is 41.5 Å². The third-order valence-electron chi connectivity index (χ3n) is 11.8. The van der Waals surface area contributed by atoms with E-state index in [2.05, 4.69) is 10.6 Å². The molecule has 4 aromatic rings. The molecule has 62 heavy (non-hydrogen) atoms. The van der Waals surface area contributed by atoms with Crippen LogP contribution in [-0.2, 0) is 30.1 Å². The van der Waals surface area contributed by atoms with Crippen molar-refractivity contribution in [1.82, 2.24) is 10.6 Å². The Morgan fingerprint density at radius 2 is 0.952 bits per heavy atom. The minimum absolute atomic E-state index is 0.0126. The van der Waals surface area contributed by atoms with E-state index in [-0.39, 0.29) is 69.4 Å². The van der Waals surface area contributed by atoms with Crippen LogP contribution >= 0.6 is 0 Å². The number of nitrogens with two attached hydrogens (primary N) is 2. The van der Waals surface area contributed by atoms with Gasteiger partial charge in [0.2, 0.25) is 34.9 Å². The molecule has 0 saturated carbocycles. The number of Topliss-reactive ketones (excluding diaryl/α,β-unsaturated/α-hetero) is 4. The van der Waals surface area contributed by atoms with Gasteiger partial charge >= 0.3 is 6.16 Å². The zero-order valence-electron chi connectivity index (χ0n) is 36.4. The molecular formula is C49H54N4O9. The molecule has 0 spiro atoms. The second-order valence-electron chi connectivity index (χ2n) is 16.8. The fourth-order valence-corrected chi connectivity index (χ4v) is 8.83. The number of carbonyl (C=O) groups is 7. The number of ketones is 4. The molecule has 13 nitrogen and oxygen atoms in total. The van der Waals surface area contributed by atoms with E-state index in [4.69, 9.17) is 20.9 Å². The van der Waals surface area contributed by atoms with Gasteiger partial charge in [0.25, 0.3) is 0 Å². The Balaban J connectivity index is 1.48. The monoisotopic (exact) mass is 842 g/mol. The number of nitrogens with one attached hydrogen (secondary N) is 2. The molecular weight excluding hydrogens is 789 g/mol. The molecule has 0 fully saturated rings. The number of hydrogen-bond acceptors (Lipinski definition) is 11. The molecule has 0 aromatic heterocycles. The van der Waals surface area contributed by atoms with Crippen molar-refractivity contribution in [1.29, 1.82) is 0 Å². The molecule has 6 rings (SSSR count). The summed E-state index contributed by atoms with van der Waals surface area (Å²) in [6, 6.07) is 19.4. The first-order valence-electron chi connectivity index (χ1n) is 21.0. The molecule has 0 aliphatic heterocycles. The molecule has 324 valence electrons. The number of fused-ring (bicyclic) bond motifs is 2. The number of anilines is 2. The Hall–Kier alpha value is -6.63. The summed E-state index contributed by atoms with van der Waals surface area (Å²) in [7, 11) is 0. The van der Waals surface area contributed by atoms with Crippen LogP contribution in [0.4, 0.5) is 16.2 Å². The summed E-state index contributed by atoms with van der Waals surface area (Å²) in [5.74, 6) is -4.13. The van der Waals surface area contributed by atoms with Crippen LogP contribution in [0.2, 0.25) is 0 Å². The van der Waals surface area contributed by atoms with E-state index in [0.29, 0.717) is 24.0 Å². The molecule has 4 atom stereocenters. The molecule has 0 saturated heterocycles. The number of benzene rings is 4. The van der Waals surface area contributed by atoms with E-state index < -0.39 is 64.4 Å². The van der Waals surface area contributed by atoms with Gasteiger partial charge in [-0.25, -0.2) is 4.79 Å². The maximum atomic E-state index is 14.6. The van der Waals surface area contributed by atoms with Gasteiger partial charge in [-0.15, -0.1) is 0 Å². The van der Waals surface area contributed by atoms with Crippen molar-refractivity contribution in [2.75, 3.05) is 11.5 Å². The van der Waals surface area contributed by atoms with Gasteiger partial charge in [0, 0.05) is 47.5 Å². The van der Waals surface area contributed by atoms with Crippen molar-refractivity contribution >= 4 is 52.5 Å². The summed E-state index contributed by atoms with van der Waals surface area (Å²) < 4.78 is 12.5. The van der Waals surface area contributed by atoms with Gasteiger partial charge in [-0.2, -0.15) is 0 Å². The molecule has 2 amide bonds. The molecule has 4 unspecified atom stereocenters. The SMILES string of the molecule is CCCC(OC(=O)OC(CCC)c1cc(C(C)C)ccc1C1(NC(C)=O)C(=O)c2cccc(N)c2C1=O)c1cc(C(C)C)ccc1C1(NC(C)=O)C(=O)c2cccc(N)c2C1=O. The standard InChI is InChI=1S/C49H54N4O9/c1-9-13-39(33-23-29(25(3)4)19-21-35(33)48(52-27(7)54)43(56)31-15-11-17-37(50)41(31)45(48)58)61-47(60)62-40(14-10-2)34-24-30(26(5)6)20-22-36(34)49(53-28(8)55)44(57)32-16-12-18-38(51)42(32)46(49)59/h11-12,15-26,39-40H,9-10,13-14,50-51H2,1-8H3,(H,52,54)(H,53,55). The lowest BCUT2D eigenvalue weighted by molar-refractivity contribution is -0.121. The normalized spacial score (nSPS) is 19.0. The zero-order valence-corrected chi connectivity index (χ0v) is 36.4. The van der Waals surface area contributed by atoms with Crippen molar-refractivity contribution in [2.45, 2.75) is 116 Å². The van der Waals surface area contributed by atoms with E-state index in [0.717, 1.165) is 11.1 Å². The van der Waals surface area contributed by atoms with Gasteiger partial charge in [0.1, 0.15) is 12.2 Å². The Morgan fingerprint density at radius 3 is 1.26 bits per heavy atom. The molecule has 4 aromatic carbocycles. The van der Waals surface area contributed by atoms with Gasteiger partial charge in [-0.05, 0) is 59.1 Å². The highest BCUT2D eigenvalue weighted by atomic mass is 16.7. The summed E-state index contributed by atoms with van der Waals surface area (Å²) in [4.78, 5) is 98.4. The van der Waals surface area contributed by atoms with Gasteiger partial charge < -0.3 is 31.6 Å². The predicted molar refractivity (Wildman–Crippen MR) is 234 cm³/mol. The molecule has 0 radical (unpaired) electrons. The largest absolute Gasteiger partial charge is 0.509 e. The van der Waals surface area contributed by atoms with Crippen molar-refractivity contribution < 1.29 is 43.0 Å². The van der Waals surface area contributed by atoms with Gasteiger partial charge in [-0.1, -0.05) is 115 Å². The number of carbonyl (C=O) groups excluding carboxylic acids is 7. The Labute approximate surface area is 361 Å². The van der Waals surface area contributed by atoms with Crippen molar-refractivity contribution in [2.24, 2.45) is 0 Å². The highest BCUT2D eigenvalue weighted by Gasteiger charge is 2.58. The van der Waals surface area contributed by atoms with Crippen LogP contribution in [0.15, 0.2) is 72.8 Å².